The van der Waals surface area contributed by atoms with Gasteiger partial charge in [0.2, 0.25) is 0 Å². The second-order valence-corrected chi connectivity index (χ2v) is 8.74. The molecule has 3 fully saturated rings. The molecule has 2 bridgehead atoms. The Labute approximate surface area is 148 Å². The minimum atomic E-state index is -0.276. The van der Waals surface area contributed by atoms with E-state index in [9.17, 15) is 4.79 Å². The van der Waals surface area contributed by atoms with Crippen LogP contribution in [-0.2, 0) is 16.6 Å². The van der Waals surface area contributed by atoms with E-state index in [2.05, 4.69) is 11.0 Å². The van der Waals surface area contributed by atoms with E-state index in [0.717, 1.165) is 43.2 Å². The number of ketones is 1. The van der Waals surface area contributed by atoms with Gasteiger partial charge in [-0.3, -0.25) is 9.69 Å². The molecule has 1 aromatic carbocycles. The van der Waals surface area contributed by atoms with E-state index in [0.29, 0.717) is 24.2 Å². The fraction of sp³-hybridized carbons (Fsp3) is 0.667. The van der Waals surface area contributed by atoms with Gasteiger partial charge in [0.25, 0.3) is 0 Å². The Kier molecular flexibility index (Phi) is 2.80. The fourth-order valence-corrected chi connectivity index (χ4v) is 6.42. The molecule has 2 saturated carbocycles. The van der Waals surface area contributed by atoms with Crippen LogP contribution in [0.4, 0.5) is 0 Å². The van der Waals surface area contributed by atoms with Crippen molar-refractivity contribution in [2.75, 3.05) is 20.2 Å². The summed E-state index contributed by atoms with van der Waals surface area (Å²) in [6.45, 7) is 2.37. The van der Waals surface area contributed by atoms with Crippen molar-refractivity contribution in [2.24, 2.45) is 11.8 Å². The van der Waals surface area contributed by atoms with Crippen molar-refractivity contribution in [1.82, 2.24) is 4.90 Å². The number of ether oxygens (including phenoxy) is 2. The van der Waals surface area contributed by atoms with Crippen LogP contribution in [0.25, 0.3) is 0 Å². The summed E-state index contributed by atoms with van der Waals surface area (Å²) in [5.41, 5.74) is 2.64. The van der Waals surface area contributed by atoms with Crippen LogP contribution in [0.2, 0.25) is 0 Å². The number of benzene rings is 1. The lowest BCUT2D eigenvalue weighted by atomic mass is 9.51. The maximum absolute atomic E-state index is 12.8. The molecule has 4 nitrogen and oxygen atoms in total. The zero-order valence-corrected chi connectivity index (χ0v) is 14.8. The number of hydrogen-bond acceptors (Lipinski definition) is 4. The average Bonchev–Trinajstić information content (AvgIpc) is 3.36. The van der Waals surface area contributed by atoms with Crippen molar-refractivity contribution < 1.29 is 14.3 Å². The predicted octanol–water partition coefficient (Wildman–Crippen LogP) is 2.71. The van der Waals surface area contributed by atoms with Gasteiger partial charge in [-0.2, -0.15) is 0 Å². The molecular weight excluding hydrogens is 314 g/mol. The molecular formula is C21H25NO3. The van der Waals surface area contributed by atoms with E-state index in [4.69, 9.17) is 9.47 Å². The zero-order valence-electron chi connectivity index (χ0n) is 14.8. The molecule has 4 atom stereocenters. The molecule has 5 aliphatic rings. The second kappa shape index (κ2) is 4.79. The molecule has 2 aliphatic heterocycles. The molecule has 132 valence electrons. The lowest BCUT2D eigenvalue weighted by molar-refractivity contribution is -0.138. The first-order valence-electron chi connectivity index (χ1n) is 9.86. The summed E-state index contributed by atoms with van der Waals surface area (Å²) in [7, 11) is 1.70. The second-order valence-electron chi connectivity index (χ2n) is 8.74. The maximum atomic E-state index is 12.8. The van der Waals surface area contributed by atoms with Crippen LogP contribution >= 0.6 is 0 Å². The SMILES string of the molecule is COc1ccc2c3c1O[C@H]1C(=O)CCC4C(C2)N(CC2CC2)CCC341. The van der Waals surface area contributed by atoms with Gasteiger partial charge in [-0.15, -0.1) is 0 Å². The van der Waals surface area contributed by atoms with Gasteiger partial charge in [0.1, 0.15) is 0 Å². The Morgan fingerprint density at radius 1 is 1.32 bits per heavy atom. The van der Waals surface area contributed by atoms with E-state index in [-0.39, 0.29) is 11.5 Å². The number of piperidine rings is 1. The highest BCUT2D eigenvalue weighted by atomic mass is 16.5. The number of Topliss-reactive ketones (excluding diaryl/α,β-unsaturated/α-hetero) is 1. The third-order valence-electron chi connectivity index (χ3n) is 7.62. The number of hydrogen-bond donors (Lipinski definition) is 0. The summed E-state index contributed by atoms with van der Waals surface area (Å²) < 4.78 is 11.9. The zero-order chi connectivity index (χ0) is 16.8. The Morgan fingerprint density at radius 3 is 3.00 bits per heavy atom. The van der Waals surface area contributed by atoms with Crippen molar-refractivity contribution in [1.29, 1.82) is 0 Å². The quantitative estimate of drug-likeness (QED) is 0.849. The first-order chi connectivity index (χ1) is 12.2. The first-order valence-corrected chi connectivity index (χ1v) is 9.86. The van der Waals surface area contributed by atoms with Crippen molar-refractivity contribution in [3.8, 4) is 11.5 Å². The van der Waals surface area contributed by atoms with Gasteiger partial charge in [0.05, 0.1) is 7.11 Å². The lowest BCUT2D eigenvalue weighted by Gasteiger charge is -2.57. The highest BCUT2D eigenvalue weighted by molar-refractivity contribution is 5.89. The third-order valence-corrected chi connectivity index (χ3v) is 7.62. The normalized spacial score (nSPS) is 38.3. The smallest absolute Gasteiger partial charge is 0.174 e. The molecule has 25 heavy (non-hydrogen) atoms. The van der Waals surface area contributed by atoms with Gasteiger partial charge in [-0.05, 0) is 62.1 Å². The molecule has 0 aromatic heterocycles. The van der Waals surface area contributed by atoms with E-state index < -0.39 is 0 Å². The number of methoxy groups -OCH3 is 1. The Morgan fingerprint density at radius 2 is 2.20 bits per heavy atom. The monoisotopic (exact) mass is 339 g/mol. The Bertz CT molecular complexity index is 771. The molecule has 1 saturated heterocycles. The van der Waals surface area contributed by atoms with Gasteiger partial charge in [-0.25, -0.2) is 0 Å². The number of nitrogens with zero attached hydrogens (tertiary/aromatic N) is 1. The first kappa shape index (κ1) is 14.6. The molecule has 0 radical (unpaired) electrons. The number of likely N-dealkylation sites (tertiary alicyclic amines) is 1. The lowest BCUT2D eigenvalue weighted by Crippen LogP contribution is -2.66. The third kappa shape index (κ3) is 1.74. The van der Waals surface area contributed by atoms with E-state index in [1.165, 1.54) is 30.5 Å². The topological polar surface area (TPSA) is 38.8 Å². The molecule has 2 heterocycles. The van der Waals surface area contributed by atoms with Gasteiger partial charge in [0.15, 0.2) is 23.4 Å². The van der Waals surface area contributed by atoms with E-state index >= 15 is 0 Å². The molecule has 4 heteroatoms. The average molecular weight is 339 g/mol. The molecule has 1 aromatic rings. The molecule has 3 unspecified atom stereocenters. The number of carbonyl (C=O) groups excluding carboxylic acids is 1. The van der Waals surface area contributed by atoms with Gasteiger partial charge in [-0.1, -0.05) is 6.07 Å². The highest BCUT2D eigenvalue weighted by Crippen LogP contribution is 2.63. The predicted molar refractivity (Wildman–Crippen MR) is 93.2 cm³/mol. The van der Waals surface area contributed by atoms with Gasteiger partial charge < -0.3 is 9.47 Å². The summed E-state index contributed by atoms with van der Waals surface area (Å²) in [4.78, 5) is 15.6. The van der Waals surface area contributed by atoms with Crippen LogP contribution in [0, 0.1) is 11.8 Å². The van der Waals surface area contributed by atoms with Crippen LogP contribution in [0.3, 0.4) is 0 Å². The van der Waals surface area contributed by atoms with Crippen molar-refractivity contribution in [2.45, 2.75) is 56.1 Å². The largest absolute Gasteiger partial charge is 0.493 e. The summed E-state index contributed by atoms with van der Waals surface area (Å²) in [6, 6.07) is 4.85. The van der Waals surface area contributed by atoms with Crippen LogP contribution < -0.4 is 9.47 Å². The molecule has 6 rings (SSSR count). The fourth-order valence-electron chi connectivity index (χ4n) is 6.42. The van der Waals surface area contributed by atoms with Crippen molar-refractivity contribution in [3.05, 3.63) is 23.3 Å². The Hall–Kier alpha value is -1.55. The van der Waals surface area contributed by atoms with Crippen LogP contribution in [0.5, 0.6) is 11.5 Å². The minimum absolute atomic E-state index is 0.0858. The maximum Gasteiger partial charge on any atom is 0.174 e. The molecule has 0 amide bonds. The van der Waals surface area contributed by atoms with Crippen molar-refractivity contribution in [3.63, 3.8) is 0 Å². The number of rotatable bonds is 3. The van der Waals surface area contributed by atoms with Crippen molar-refractivity contribution >= 4 is 5.78 Å². The minimum Gasteiger partial charge on any atom is -0.493 e. The number of carbonyl (C=O) groups is 1. The standard InChI is InChI=1S/C21H25NO3/c1-24-17-7-4-13-10-15-14-5-6-16(23)20-21(14,18(13)19(17)25-20)8-9-22(15)11-12-2-3-12/h4,7,12,14-15,20H,2-3,5-6,8-11H2,1H3/t14?,15?,20-,21?/m0/s1. The summed E-state index contributed by atoms with van der Waals surface area (Å²) >= 11 is 0. The van der Waals surface area contributed by atoms with Gasteiger partial charge >= 0.3 is 0 Å². The molecule has 1 spiro atoms. The summed E-state index contributed by atoms with van der Waals surface area (Å²) in [5, 5.41) is 0. The van der Waals surface area contributed by atoms with E-state index in [1.54, 1.807) is 7.11 Å². The van der Waals surface area contributed by atoms with Gasteiger partial charge in [0, 0.05) is 30.0 Å². The van der Waals surface area contributed by atoms with Crippen LogP contribution in [-0.4, -0.2) is 43.0 Å². The van der Waals surface area contributed by atoms with Crippen LogP contribution in [0.1, 0.15) is 43.2 Å². The Balaban J connectivity index is 1.53. The van der Waals surface area contributed by atoms with E-state index in [1.807, 2.05) is 6.07 Å². The molecule has 0 N–H and O–H groups in total. The molecule has 3 aliphatic carbocycles. The summed E-state index contributed by atoms with van der Waals surface area (Å²) in [6.07, 6.45) is 6.40. The summed E-state index contributed by atoms with van der Waals surface area (Å²) in [5.74, 6) is 3.45. The van der Waals surface area contributed by atoms with Crippen LogP contribution in [0.15, 0.2) is 12.1 Å². The highest BCUT2D eigenvalue weighted by Gasteiger charge is 2.66.